The van der Waals surface area contributed by atoms with E-state index in [1.54, 1.807) is 6.07 Å². The molecule has 2 amide bonds. The summed E-state index contributed by atoms with van der Waals surface area (Å²) in [5.74, 6) is -0.760. The number of rotatable bonds is 11. The van der Waals surface area contributed by atoms with Crippen LogP contribution in [0, 0.1) is 11.8 Å². The van der Waals surface area contributed by atoms with Gasteiger partial charge in [0.1, 0.15) is 12.1 Å². The molecule has 0 aliphatic heterocycles. The second-order valence-electron chi connectivity index (χ2n) is 7.22. The normalized spacial score (nSPS) is 12.3. The van der Waals surface area contributed by atoms with Crippen molar-refractivity contribution in [3.63, 3.8) is 0 Å². The van der Waals surface area contributed by atoms with E-state index in [1.807, 2.05) is 34.6 Å². The molecule has 0 radical (unpaired) electrons. The fraction of sp³-hybridized carbons (Fsp3) is 0.684. The Morgan fingerprint density at radius 1 is 1.19 bits per heavy atom. The number of hydrogen-bond acceptors (Lipinski definition) is 6. The molecule has 1 heterocycles. The van der Waals surface area contributed by atoms with Crippen LogP contribution in [-0.4, -0.2) is 35.1 Å². The van der Waals surface area contributed by atoms with Crippen molar-refractivity contribution < 1.29 is 23.6 Å². The zero-order chi connectivity index (χ0) is 20.4. The number of Topliss-reactive ketones (excluding diaryl/α,β-unsaturated/α-hetero) is 1. The summed E-state index contributed by atoms with van der Waals surface area (Å²) in [5.41, 5.74) is 0. The minimum absolute atomic E-state index is 0.0539. The molecule has 1 rings (SSSR count). The van der Waals surface area contributed by atoms with E-state index < -0.39 is 23.8 Å². The molecule has 0 unspecified atom stereocenters. The van der Waals surface area contributed by atoms with Crippen molar-refractivity contribution in [1.29, 1.82) is 0 Å². The average Bonchev–Trinajstić information content (AvgIpc) is 3.13. The van der Waals surface area contributed by atoms with Gasteiger partial charge in [0.15, 0.2) is 5.76 Å². The molecule has 0 bridgehead atoms. The Kier molecular flexibility index (Phi) is 9.53. The Morgan fingerprint density at radius 2 is 1.85 bits per heavy atom. The van der Waals surface area contributed by atoms with Gasteiger partial charge in [-0.2, -0.15) is 0 Å². The van der Waals surface area contributed by atoms with Gasteiger partial charge >= 0.3 is 6.09 Å². The maximum absolute atomic E-state index is 12.5. The van der Waals surface area contributed by atoms with Gasteiger partial charge in [0.25, 0.3) is 5.91 Å². The first-order valence-corrected chi connectivity index (χ1v) is 9.44. The Balaban J connectivity index is 2.67. The van der Waals surface area contributed by atoms with Gasteiger partial charge < -0.3 is 19.9 Å². The predicted octanol–water partition coefficient (Wildman–Crippen LogP) is 2.83. The third-order valence-corrected chi connectivity index (χ3v) is 4.15. The highest BCUT2D eigenvalue weighted by Crippen LogP contribution is 2.16. The Bertz CT molecular complexity index is 590. The van der Waals surface area contributed by atoms with Crippen molar-refractivity contribution in [2.24, 2.45) is 11.8 Å². The molecule has 0 spiro atoms. The molecule has 1 aromatic rings. The summed E-state index contributed by atoms with van der Waals surface area (Å²) in [7, 11) is 0. The van der Waals surface area contributed by atoms with Crippen molar-refractivity contribution >= 4 is 17.8 Å². The van der Waals surface area contributed by atoms with Crippen LogP contribution in [0.15, 0.2) is 16.8 Å². The number of carbonyl (C=O) groups is 3. The first-order chi connectivity index (χ1) is 12.8. The number of ketones is 1. The lowest BCUT2D eigenvalue weighted by molar-refractivity contribution is -0.139. The molecule has 152 valence electrons. The number of ether oxygens (including phenoxy) is 1. The largest absolute Gasteiger partial charge is 0.446 e. The highest BCUT2D eigenvalue weighted by atomic mass is 16.6. The van der Waals surface area contributed by atoms with Gasteiger partial charge in [0.2, 0.25) is 5.78 Å². The number of alkyl carbamates (subject to hydrolysis) is 1. The van der Waals surface area contributed by atoms with Crippen molar-refractivity contribution in [2.45, 2.75) is 72.6 Å². The summed E-state index contributed by atoms with van der Waals surface area (Å²) in [5, 5.41) is 8.57. The summed E-state index contributed by atoms with van der Waals surface area (Å²) in [6.07, 6.45) is 2.40. The molecule has 2 N–H and O–H groups in total. The lowest BCUT2D eigenvalue weighted by Gasteiger charge is -2.26. The number of nitrogens with zero attached hydrogens (tertiary/aromatic N) is 1. The van der Waals surface area contributed by atoms with Gasteiger partial charge in [0.05, 0.1) is 12.7 Å². The Labute approximate surface area is 160 Å². The highest BCUT2D eigenvalue weighted by molar-refractivity contribution is 6.38. The molecule has 0 saturated heterocycles. The van der Waals surface area contributed by atoms with Crippen molar-refractivity contribution in [3.05, 3.63) is 18.0 Å². The van der Waals surface area contributed by atoms with Crippen molar-refractivity contribution in [3.8, 4) is 0 Å². The number of carbonyl (C=O) groups excluding carboxylic acids is 3. The van der Waals surface area contributed by atoms with E-state index in [0.717, 1.165) is 6.42 Å². The van der Waals surface area contributed by atoms with Gasteiger partial charge in [0, 0.05) is 6.07 Å². The van der Waals surface area contributed by atoms with Crippen molar-refractivity contribution in [1.82, 2.24) is 15.8 Å². The van der Waals surface area contributed by atoms with Crippen molar-refractivity contribution in [2.75, 3.05) is 0 Å². The number of aromatic nitrogens is 1. The Hall–Kier alpha value is -2.38. The van der Waals surface area contributed by atoms with E-state index in [-0.39, 0.29) is 24.5 Å². The van der Waals surface area contributed by atoms with E-state index >= 15 is 0 Å². The van der Waals surface area contributed by atoms with E-state index in [9.17, 15) is 14.4 Å². The standard InChI is InChI=1S/C19H31N3O5/c1-6-7-8-15(22-19(25)26-17(12(2)3)13(4)5)16(23)18(24)20-11-14-9-10-21-27-14/h9-10,12-13,15,17H,6-8,11H2,1-5H3,(H,20,24)(H,22,25)/t15-/m0/s1. The second-order valence-corrected chi connectivity index (χ2v) is 7.22. The van der Waals surface area contributed by atoms with Crippen LogP contribution in [0.2, 0.25) is 0 Å². The smallest absolute Gasteiger partial charge is 0.408 e. The quantitative estimate of drug-likeness (QED) is 0.570. The van der Waals surface area contributed by atoms with E-state index in [1.165, 1.54) is 6.20 Å². The third-order valence-electron chi connectivity index (χ3n) is 4.15. The SMILES string of the molecule is CCCC[C@H](NC(=O)OC(C(C)C)C(C)C)C(=O)C(=O)NCc1ccno1. The lowest BCUT2D eigenvalue weighted by atomic mass is 9.96. The van der Waals surface area contributed by atoms with Crippen LogP contribution in [0.5, 0.6) is 0 Å². The number of amides is 2. The number of nitrogens with one attached hydrogen (secondary N) is 2. The van der Waals surface area contributed by atoms with Crippen LogP contribution in [-0.2, 0) is 20.9 Å². The zero-order valence-corrected chi connectivity index (χ0v) is 16.8. The fourth-order valence-electron chi connectivity index (χ4n) is 2.76. The predicted molar refractivity (Wildman–Crippen MR) is 99.8 cm³/mol. The van der Waals surface area contributed by atoms with Gasteiger partial charge in [-0.3, -0.25) is 9.59 Å². The molecule has 1 aromatic heterocycles. The van der Waals surface area contributed by atoms with Crippen LogP contribution < -0.4 is 10.6 Å². The maximum Gasteiger partial charge on any atom is 0.408 e. The molecule has 0 aliphatic carbocycles. The summed E-state index contributed by atoms with van der Waals surface area (Å²) >= 11 is 0. The summed E-state index contributed by atoms with van der Waals surface area (Å²) in [6, 6.07) is 0.666. The monoisotopic (exact) mass is 381 g/mol. The fourth-order valence-corrected chi connectivity index (χ4v) is 2.76. The zero-order valence-electron chi connectivity index (χ0n) is 16.8. The first kappa shape index (κ1) is 22.7. The molecule has 0 aromatic carbocycles. The van der Waals surface area contributed by atoms with Gasteiger partial charge in [-0.25, -0.2) is 4.79 Å². The average molecular weight is 381 g/mol. The lowest BCUT2D eigenvalue weighted by Crippen LogP contribution is -2.48. The van der Waals surface area contributed by atoms with E-state index in [2.05, 4.69) is 15.8 Å². The summed E-state index contributed by atoms with van der Waals surface area (Å²) in [4.78, 5) is 36.9. The topological polar surface area (TPSA) is 111 Å². The van der Waals surface area contributed by atoms with Gasteiger partial charge in [-0.05, 0) is 18.3 Å². The minimum Gasteiger partial charge on any atom is -0.446 e. The Morgan fingerprint density at radius 3 is 2.37 bits per heavy atom. The second kappa shape index (κ2) is 11.4. The van der Waals surface area contributed by atoms with Gasteiger partial charge in [-0.1, -0.05) is 52.6 Å². The molecule has 8 heteroatoms. The van der Waals surface area contributed by atoms with Crippen LogP contribution in [0.25, 0.3) is 0 Å². The van der Waals surface area contributed by atoms with Crippen LogP contribution in [0.4, 0.5) is 4.79 Å². The first-order valence-electron chi connectivity index (χ1n) is 9.44. The van der Waals surface area contributed by atoms with Crippen LogP contribution in [0.3, 0.4) is 0 Å². The van der Waals surface area contributed by atoms with Crippen LogP contribution in [0.1, 0.15) is 59.6 Å². The molecule has 27 heavy (non-hydrogen) atoms. The molecule has 1 atom stereocenters. The molecular weight excluding hydrogens is 350 g/mol. The molecule has 0 aliphatic rings. The molecule has 0 saturated carbocycles. The molecule has 8 nitrogen and oxygen atoms in total. The maximum atomic E-state index is 12.5. The van der Waals surface area contributed by atoms with Gasteiger partial charge in [-0.15, -0.1) is 0 Å². The summed E-state index contributed by atoms with van der Waals surface area (Å²) in [6.45, 7) is 9.89. The number of unbranched alkanes of at least 4 members (excludes halogenated alkanes) is 1. The van der Waals surface area contributed by atoms with Crippen LogP contribution >= 0.6 is 0 Å². The highest BCUT2D eigenvalue weighted by Gasteiger charge is 2.29. The minimum atomic E-state index is -0.924. The van der Waals surface area contributed by atoms with E-state index in [0.29, 0.717) is 18.6 Å². The van der Waals surface area contributed by atoms with E-state index in [4.69, 9.17) is 9.26 Å². The molecule has 0 fully saturated rings. The summed E-state index contributed by atoms with van der Waals surface area (Å²) < 4.78 is 10.4. The third kappa shape index (κ3) is 7.80. The number of hydrogen-bond donors (Lipinski definition) is 2. The molecular formula is C19H31N3O5.